The molecular formula is C13H15ClFN5. The molecule has 1 saturated heterocycles. The van der Waals surface area contributed by atoms with Crippen molar-refractivity contribution in [2.45, 2.75) is 13.0 Å². The van der Waals surface area contributed by atoms with E-state index in [4.69, 9.17) is 11.6 Å². The summed E-state index contributed by atoms with van der Waals surface area (Å²) in [4.78, 5) is 6.54. The number of hydrogen-bond donors (Lipinski definition) is 2. The summed E-state index contributed by atoms with van der Waals surface area (Å²) < 4.78 is 13.5. The van der Waals surface area contributed by atoms with E-state index in [1.54, 1.807) is 6.07 Å². The fourth-order valence-electron chi connectivity index (χ4n) is 2.28. The third-order valence-electron chi connectivity index (χ3n) is 3.32. The zero-order valence-electron chi connectivity index (χ0n) is 11.0. The first-order chi connectivity index (χ1) is 9.63. The summed E-state index contributed by atoms with van der Waals surface area (Å²) in [7, 11) is 0. The van der Waals surface area contributed by atoms with Crippen LogP contribution in [-0.2, 0) is 0 Å². The number of nitrogens with zero attached hydrogens (tertiary/aromatic N) is 3. The van der Waals surface area contributed by atoms with E-state index in [1.165, 1.54) is 12.1 Å². The molecule has 3 rings (SSSR count). The normalized spacial score (nSPS) is 19.4. The zero-order chi connectivity index (χ0) is 14.1. The summed E-state index contributed by atoms with van der Waals surface area (Å²) >= 11 is 5.67. The fraction of sp³-hybridized carbons (Fsp3) is 0.385. The topological polar surface area (TPSA) is 56.8 Å². The summed E-state index contributed by atoms with van der Waals surface area (Å²) in [5, 5.41) is 10.5. The first kappa shape index (κ1) is 13.3. The Bertz CT molecular complexity index is 615. The first-order valence-corrected chi connectivity index (χ1v) is 6.87. The second-order valence-corrected chi connectivity index (χ2v) is 5.32. The Hall–Kier alpha value is -1.66. The van der Waals surface area contributed by atoms with E-state index in [9.17, 15) is 4.39 Å². The Balaban J connectivity index is 1.84. The molecule has 5 nitrogen and oxygen atoms in total. The van der Waals surface area contributed by atoms with E-state index in [0.717, 1.165) is 19.6 Å². The molecule has 0 radical (unpaired) electrons. The van der Waals surface area contributed by atoms with Crippen molar-refractivity contribution in [3.8, 4) is 11.4 Å². The van der Waals surface area contributed by atoms with Crippen molar-refractivity contribution >= 4 is 17.5 Å². The minimum absolute atomic E-state index is 0.101. The van der Waals surface area contributed by atoms with Crippen molar-refractivity contribution in [1.82, 2.24) is 20.5 Å². The number of piperazine rings is 1. The Labute approximate surface area is 121 Å². The quantitative estimate of drug-likeness (QED) is 0.890. The van der Waals surface area contributed by atoms with E-state index < -0.39 is 5.82 Å². The van der Waals surface area contributed by atoms with E-state index in [2.05, 4.69) is 32.3 Å². The van der Waals surface area contributed by atoms with E-state index >= 15 is 0 Å². The maximum Gasteiger partial charge on any atom is 0.245 e. The summed E-state index contributed by atoms with van der Waals surface area (Å²) in [5.41, 5.74) is 0.633. The highest BCUT2D eigenvalue weighted by atomic mass is 35.5. The second-order valence-electron chi connectivity index (χ2n) is 4.91. The van der Waals surface area contributed by atoms with Crippen LogP contribution in [0.25, 0.3) is 11.4 Å². The average Bonchev–Trinajstić information content (AvgIpc) is 2.92. The number of nitrogens with one attached hydrogen (secondary N) is 2. The maximum absolute atomic E-state index is 13.5. The Morgan fingerprint density at radius 1 is 1.45 bits per heavy atom. The van der Waals surface area contributed by atoms with Gasteiger partial charge in [-0.1, -0.05) is 11.6 Å². The number of halogens is 2. The highest BCUT2D eigenvalue weighted by Gasteiger charge is 2.19. The maximum atomic E-state index is 13.5. The molecule has 1 aromatic heterocycles. The molecule has 0 amide bonds. The number of aromatic amines is 1. The monoisotopic (exact) mass is 295 g/mol. The predicted molar refractivity (Wildman–Crippen MR) is 76.5 cm³/mol. The van der Waals surface area contributed by atoms with Crippen LogP contribution in [0, 0.1) is 5.82 Å². The van der Waals surface area contributed by atoms with Crippen LogP contribution in [0.2, 0.25) is 5.02 Å². The number of anilines is 1. The number of benzene rings is 1. The minimum atomic E-state index is -0.460. The van der Waals surface area contributed by atoms with Gasteiger partial charge in [-0.15, -0.1) is 5.10 Å². The van der Waals surface area contributed by atoms with Gasteiger partial charge in [-0.2, -0.15) is 4.98 Å². The molecular weight excluding hydrogens is 281 g/mol. The summed E-state index contributed by atoms with van der Waals surface area (Å²) in [6, 6.07) is 4.99. The Morgan fingerprint density at radius 3 is 3.05 bits per heavy atom. The zero-order valence-corrected chi connectivity index (χ0v) is 11.8. The smallest absolute Gasteiger partial charge is 0.245 e. The molecule has 20 heavy (non-hydrogen) atoms. The van der Waals surface area contributed by atoms with Gasteiger partial charge < -0.3 is 10.2 Å². The molecule has 0 bridgehead atoms. The van der Waals surface area contributed by atoms with Crippen molar-refractivity contribution in [1.29, 1.82) is 0 Å². The van der Waals surface area contributed by atoms with Gasteiger partial charge in [0.15, 0.2) is 5.82 Å². The van der Waals surface area contributed by atoms with Crippen LogP contribution < -0.4 is 10.2 Å². The molecule has 1 aliphatic rings. The van der Waals surface area contributed by atoms with Crippen molar-refractivity contribution in [3.05, 3.63) is 29.0 Å². The Kier molecular flexibility index (Phi) is 3.58. The second kappa shape index (κ2) is 5.38. The van der Waals surface area contributed by atoms with Crippen molar-refractivity contribution in [2.24, 2.45) is 0 Å². The number of aromatic nitrogens is 3. The van der Waals surface area contributed by atoms with Crippen LogP contribution in [0.5, 0.6) is 0 Å². The lowest BCUT2D eigenvalue weighted by Crippen LogP contribution is -2.49. The SMILES string of the molecule is CC1CN(c2n[nH]c(-c3ccc(Cl)c(F)c3)n2)CCN1. The van der Waals surface area contributed by atoms with Crippen LogP contribution in [-0.4, -0.2) is 40.9 Å². The molecule has 0 saturated carbocycles. The lowest BCUT2D eigenvalue weighted by atomic mass is 10.2. The van der Waals surface area contributed by atoms with Gasteiger partial charge in [0.1, 0.15) is 5.82 Å². The molecule has 2 aromatic rings. The lowest BCUT2D eigenvalue weighted by molar-refractivity contribution is 0.480. The summed E-state index contributed by atoms with van der Waals surface area (Å²) in [5.74, 6) is 0.725. The molecule has 7 heteroatoms. The van der Waals surface area contributed by atoms with Gasteiger partial charge in [-0.25, -0.2) is 4.39 Å². The highest BCUT2D eigenvalue weighted by molar-refractivity contribution is 6.30. The number of H-pyrrole nitrogens is 1. The minimum Gasteiger partial charge on any atom is -0.337 e. The van der Waals surface area contributed by atoms with Crippen LogP contribution >= 0.6 is 11.6 Å². The van der Waals surface area contributed by atoms with Crippen molar-refractivity contribution < 1.29 is 4.39 Å². The number of rotatable bonds is 2. The van der Waals surface area contributed by atoms with E-state index in [1.807, 2.05) is 0 Å². The molecule has 1 unspecified atom stereocenters. The Morgan fingerprint density at radius 2 is 2.30 bits per heavy atom. The van der Waals surface area contributed by atoms with Crippen LogP contribution in [0.1, 0.15) is 6.92 Å². The predicted octanol–water partition coefficient (Wildman–Crippen LogP) is 2.06. The van der Waals surface area contributed by atoms with Gasteiger partial charge in [-0.3, -0.25) is 5.10 Å². The van der Waals surface area contributed by atoms with Crippen molar-refractivity contribution in [3.63, 3.8) is 0 Å². The third-order valence-corrected chi connectivity index (χ3v) is 3.62. The van der Waals surface area contributed by atoms with Crippen LogP contribution in [0.3, 0.4) is 0 Å². The van der Waals surface area contributed by atoms with Crippen molar-refractivity contribution in [2.75, 3.05) is 24.5 Å². The number of hydrogen-bond acceptors (Lipinski definition) is 4. The van der Waals surface area contributed by atoms with Gasteiger partial charge in [0.05, 0.1) is 5.02 Å². The van der Waals surface area contributed by atoms with E-state index in [0.29, 0.717) is 23.4 Å². The lowest BCUT2D eigenvalue weighted by Gasteiger charge is -2.30. The molecule has 2 heterocycles. The van der Waals surface area contributed by atoms with Gasteiger partial charge in [-0.05, 0) is 25.1 Å². The molecule has 1 atom stereocenters. The fourth-order valence-corrected chi connectivity index (χ4v) is 2.40. The molecule has 1 aliphatic heterocycles. The molecule has 0 spiro atoms. The van der Waals surface area contributed by atoms with Crippen LogP contribution in [0.4, 0.5) is 10.3 Å². The standard InChI is InChI=1S/C13H15ClFN5/c1-8-7-20(5-4-16-8)13-17-12(18-19-13)9-2-3-10(14)11(15)6-9/h2-3,6,8,16H,4-5,7H2,1H3,(H,17,18,19). The third kappa shape index (κ3) is 2.62. The molecule has 1 fully saturated rings. The van der Waals surface area contributed by atoms with Gasteiger partial charge >= 0.3 is 0 Å². The molecule has 1 aromatic carbocycles. The summed E-state index contributed by atoms with van der Waals surface area (Å²) in [6.45, 7) is 4.73. The average molecular weight is 296 g/mol. The van der Waals surface area contributed by atoms with Crippen LogP contribution in [0.15, 0.2) is 18.2 Å². The van der Waals surface area contributed by atoms with E-state index in [-0.39, 0.29) is 5.02 Å². The largest absolute Gasteiger partial charge is 0.337 e. The first-order valence-electron chi connectivity index (χ1n) is 6.49. The van der Waals surface area contributed by atoms with Gasteiger partial charge in [0.25, 0.3) is 0 Å². The molecule has 2 N–H and O–H groups in total. The molecule has 106 valence electrons. The summed E-state index contributed by atoms with van der Waals surface area (Å²) in [6.07, 6.45) is 0. The van der Waals surface area contributed by atoms with Gasteiger partial charge in [0, 0.05) is 31.2 Å². The molecule has 0 aliphatic carbocycles. The highest BCUT2D eigenvalue weighted by Crippen LogP contribution is 2.23. The van der Waals surface area contributed by atoms with Gasteiger partial charge in [0.2, 0.25) is 5.95 Å².